The van der Waals surface area contributed by atoms with E-state index in [0.29, 0.717) is 0 Å². The third-order valence-corrected chi connectivity index (χ3v) is 1.88. The van der Waals surface area contributed by atoms with Crippen molar-refractivity contribution < 1.29 is 14.5 Å². The number of methoxy groups -OCH3 is 1. The highest BCUT2D eigenvalue weighted by molar-refractivity contribution is 6.33. The molecule has 0 amide bonds. The summed E-state index contributed by atoms with van der Waals surface area (Å²) in [6.45, 7) is 0. The molecule has 0 bridgehead atoms. The fraction of sp³-hybridized carbons (Fsp3) is 0.125. The van der Waals surface area contributed by atoms with Crippen molar-refractivity contribution in [1.29, 1.82) is 0 Å². The van der Waals surface area contributed by atoms with E-state index in [4.69, 9.17) is 11.6 Å². The van der Waals surface area contributed by atoms with Gasteiger partial charge in [-0.15, -0.1) is 0 Å². The van der Waals surface area contributed by atoms with Crippen molar-refractivity contribution in [2.45, 2.75) is 0 Å². The quantitative estimate of drug-likeness (QED) is 0.430. The Balaban J connectivity index is 3.35. The van der Waals surface area contributed by atoms with E-state index in [-0.39, 0.29) is 10.6 Å². The summed E-state index contributed by atoms with van der Waals surface area (Å²) in [7, 11) is 1.15. The van der Waals surface area contributed by atoms with Crippen LogP contribution in [-0.2, 0) is 4.74 Å². The van der Waals surface area contributed by atoms with Crippen LogP contribution in [0.5, 0.6) is 0 Å². The Morgan fingerprint density at radius 1 is 1.57 bits per heavy atom. The van der Waals surface area contributed by atoms with Crippen molar-refractivity contribution in [1.82, 2.24) is 0 Å². The Kier molecular flexibility index (Phi) is 3.03. The third kappa shape index (κ3) is 1.82. The summed E-state index contributed by atoms with van der Waals surface area (Å²) in [5.74, 6) is -0.779. The summed E-state index contributed by atoms with van der Waals surface area (Å²) < 4.78 is 4.38. The number of carbonyl (C=O) groups is 1. The van der Waals surface area contributed by atoms with Crippen LogP contribution in [0.25, 0.3) is 0 Å². The zero-order valence-electron chi connectivity index (χ0n) is 7.19. The van der Waals surface area contributed by atoms with Gasteiger partial charge < -0.3 is 4.74 Å². The lowest BCUT2D eigenvalue weighted by Crippen LogP contribution is -2.05. The van der Waals surface area contributed by atoms with Gasteiger partial charge >= 0.3 is 11.7 Å². The monoisotopic (exact) mass is 215 g/mol. The molecular weight excluding hydrogens is 210 g/mol. The molecule has 0 heterocycles. The smallest absolute Gasteiger partial charge is 0.344 e. The van der Waals surface area contributed by atoms with E-state index in [1.54, 1.807) is 0 Å². The van der Waals surface area contributed by atoms with Crippen molar-refractivity contribution >= 4 is 23.3 Å². The molecule has 0 saturated carbocycles. The van der Waals surface area contributed by atoms with Crippen LogP contribution in [0.15, 0.2) is 18.2 Å². The number of ether oxygens (including phenoxy) is 1. The summed E-state index contributed by atoms with van der Waals surface area (Å²) in [5, 5.41) is 10.5. The number of nitro groups is 1. The zero-order chi connectivity index (χ0) is 10.7. The molecule has 0 aliphatic heterocycles. The number of nitrogens with zero attached hydrogens (tertiary/aromatic N) is 1. The molecule has 0 radical (unpaired) electrons. The van der Waals surface area contributed by atoms with E-state index >= 15 is 0 Å². The molecule has 5 nitrogen and oxygen atoms in total. The summed E-state index contributed by atoms with van der Waals surface area (Å²) in [4.78, 5) is 21.0. The maximum Gasteiger partial charge on any atom is 0.344 e. The van der Waals surface area contributed by atoms with E-state index in [1.165, 1.54) is 18.2 Å². The topological polar surface area (TPSA) is 69.4 Å². The summed E-state index contributed by atoms with van der Waals surface area (Å²) in [6, 6.07) is 4.07. The average molecular weight is 216 g/mol. The first kappa shape index (κ1) is 10.5. The molecule has 1 rings (SSSR count). The van der Waals surface area contributed by atoms with Gasteiger partial charge in [-0.25, -0.2) is 4.79 Å². The number of esters is 1. The first-order valence-electron chi connectivity index (χ1n) is 3.59. The van der Waals surface area contributed by atoms with Crippen LogP contribution in [0.2, 0.25) is 5.02 Å². The van der Waals surface area contributed by atoms with Crippen LogP contribution in [0.1, 0.15) is 10.4 Å². The van der Waals surface area contributed by atoms with Gasteiger partial charge in [-0.1, -0.05) is 17.7 Å². The lowest BCUT2D eigenvalue weighted by Gasteiger charge is -2.01. The van der Waals surface area contributed by atoms with Crippen molar-refractivity contribution in [2.75, 3.05) is 7.11 Å². The zero-order valence-corrected chi connectivity index (χ0v) is 7.95. The van der Waals surface area contributed by atoms with Gasteiger partial charge in [0.1, 0.15) is 10.6 Å². The first-order valence-corrected chi connectivity index (χ1v) is 3.97. The Hall–Kier alpha value is -1.62. The molecule has 1 aromatic carbocycles. The van der Waals surface area contributed by atoms with Crippen molar-refractivity contribution in [3.8, 4) is 0 Å². The van der Waals surface area contributed by atoms with Gasteiger partial charge in [-0.2, -0.15) is 0 Å². The fourth-order valence-corrected chi connectivity index (χ4v) is 1.22. The van der Waals surface area contributed by atoms with Gasteiger partial charge in [-0.3, -0.25) is 10.1 Å². The van der Waals surface area contributed by atoms with E-state index < -0.39 is 16.6 Å². The van der Waals surface area contributed by atoms with Crippen molar-refractivity contribution in [2.24, 2.45) is 0 Å². The highest BCUT2D eigenvalue weighted by atomic mass is 35.5. The predicted octanol–water partition coefficient (Wildman–Crippen LogP) is 2.03. The highest BCUT2D eigenvalue weighted by Crippen LogP contribution is 2.28. The predicted molar refractivity (Wildman–Crippen MR) is 49.4 cm³/mol. The van der Waals surface area contributed by atoms with E-state index in [9.17, 15) is 14.9 Å². The van der Waals surface area contributed by atoms with Crippen molar-refractivity contribution in [3.63, 3.8) is 0 Å². The molecule has 0 aliphatic rings. The normalized spacial score (nSPS) is 9.57. The molecule has 1 aromatic rings. The number of hydrogen-bond donors (Lipinski definition) is 0. The molecule has 74 valence electrons. The van der Waals surface area contributed by atoms with Gasteiger partial charge in [0.2, 0.25) is 0 Å². The van der Waals surface area contributed by atoms with Crippen LogP contribution in [-0.4, -0.2) is 18.0 Å². The second kappa shape index (κ2) is 4.06. The van der Waals surface area contributed by atoms with Gasteiger partial charge in [0.25, 0.3) is 0 Å². The molecule has 0 saturated heterocycles. The molecule has 0 atom stereocenters. The number of nitro benzene ring substituents is 1. The van der Waals surface area contributed by atoms with Gasteiger partial charge in [0.05, 0.1) is 12.0 Å². The SMILES string of the molecule is COC(=O)c1cccc(Cl)c1[N+](=O)[O-]. The minimum Gasteiger partial charge on any atom is -0.465 e. The first-order chi connectivity index (χ1) is 6.57. The number of benzene rings is 1. The van der Waals surface area contributed by atoms with Gasteiger partial charge in [0, 0.05) is 0 Å². The summed E-state index contributed by atoms with van der Waals surface area (Å²) in [6.07, 6.45) is 0. The minimum absolute atomic E-state index is 0.0853. The molecule has 0 spiro atoms. The molecule has 0 N–H and O–H groups in total. The number of hydrogen-bond acceptors (Lipinski definition) is 4. The molecule has 0 unspecified atom stereocenters. The Labute approximate surface area is 84.4 Å². The summed E-state index contributed by atoms with van der Waals surface area (Å²) in [5.41, 5.74) is -0.578. The standard InChI is InChI=1S/C8H6ClNO4/c1-14-8(11)5-3-2-4-6(9)7(5)10(12)13/h2-4H,1H3. The van der Waals surface area contributed by atoms with Crippen LogP contribution >= 0.6 is 11.6 Å². The van der Waals surface area contributed by atoms with Gasteiger partial charge in [-0.05, 0) is 12.1 Å². The molecule has 0 aliphatic carbocycles. The van der Waals surface area contributed by atoms with Gasteiger partial charge in [0.15, 0.2) is 0 Å². The fourth-order valence-electron chi connectivity index (χ4n) is 0.976. The third-order valence-electron chi connectivity index (χ3n) is 1.57. The number of para-hydroxylation sites is 1. The van der Waals surface area contributed by atoms with E-state index in [2.05, 4.69) is 4.74 Å². The lowest BCUT2D eigenvalue weighted by atomic mass is 10.2. The molecule has 0 aromatic heterocycles. The lowest BCUT2D eigenvalue weighted by molar-refractivity contribution is -0.385. The van der Waals surface area contributed by atoms with E-state index in [1.807, 2.05) is 0 Å². The van der Waals surface area contributed by atoms with E-state index in [0.717, 1.165) is 7.11 Å². The van der Waals surface area contributed by atoms with Crippen LogP contribution in [0, 0.1) is 10.1 Å². The van der Waals surface area contributed by atoms with Crippen LogP contribution < -0.4 is 0 Å². The second-order valence-electron chi connectivity index (χ2n) is 2.38. The second-order valence-corrected chi connectivity index (χ2v) is 2.79. The molecule has 14 heavy (non-hydrogen) atoms. The number of halogens is 1. The number of rotatable bonds is 2. The largest absolute Gasteiger partial charge is 0.465 e. The Bertz CT molecular complexity index is 391. The molecule has 0 fully saturated rings. The summed E-state index contributed by atoms with van der Waals surface area (Å²) >= 11 is 5.58. The highest BCUT2D eigenvalue weighted by Gasteiger charge is 2.23. The minimum atomic E-state index is -0.779. The maximum atomic E-state index is 11.1. The molecular formula is C8H6ClNO4. The Morgan fingerprint density at radius 3 is 2.71 bits per heavy atom. The van der Waals surface area contributed by atoms with Crippen LogP contribution in [0.3, 0.4) is 0 Å². The average Bonchev–Trinajstić information content (AvgIpc) is 2.15. The van der Waals surface area contributed by atoms with Crippen molar-refractivity contribution in [3.05, 3.63) is 38.9 Å². The Morgan fingerprint density at radius 2 is 2.21 bits per heavy atom. The number of carbonyl (C=O) groups excluding carboxylic acids is 1. The van der Waals surface area contributed by atoms with Crippen LogP contribution in [0.4, 0.5) is 5.69 Å². The molecule has 6 heteroatoms. The maximum absolute atomic E-state index is 11.1.